The summed E-state index contributed by atoms with van der Waals surface area (Å²) in [5, 5.41) is 2.11. The van der Waals surface area contributed by atoms with Crippen molar-refractivity contribution in [3.8, 4) is 0 Å². The number of alkyl carbamates (subject to hydrolysis) is 1. The molecule has 0 aliphatic carbocycles. The maximum Gasteiger partial charge on any atom is 0.408 e. The normalized spacial score (nSPS) is 20.5. The molecule has 0 aliphatic rings. The number of hydrogen-bond donors (Lipinski definition) is 1. The zero-order valence-electron chi connectivity index (χ0n) is 15.2. The van der Waals surface area contributed by atoms with E-state index in [0.717, 1.165) is 0 Å². The first-order chi connectivity index (χ1) is 9.05. The van der Waals surface area contributed by atoms with Crippen LogP contribution in [0.3, 0.4) is 0 Å². The Bertz CT molecular complexity index is 385. The van der Waals surface area contributed by atoms with E-state index in [1.807, 2.05) is 0 Å². The summed E-state index contributed by atoms with van der Waals surface area (Å²) in [5.41, 5.74) is -0.805. The molecular formula is C10H20N2O3. The summed E-state index contributed by atoms with van der Waals surface area (Å²) >= 11 is 0. The topological polar surface area (TPSA) is 58.6 Å². The molecule has 0 saturated carbocycles. The summed E-state index contributed by atoms with van der Waals surface area (Å²) in [4.78, 5) is 23.3. The van der Waals surface area contributed by atoms with E-state index in [1.54, 1.807) is 20.8 Å². The average molecular weight is 222 g/mol. The fourth-order valence-corrected chi connectivity index (χ4v) is 0.740. The van der Waals surface area contributed by atoms with Crippen LogP contribution in [0.25, 0.3) is 0 Å². The van der Waals surface area contributed by atoms with Crippen molar-refractivity contribution in [1.82, 2.24) is 10.2 Å². The van der Waals surface area contributed by atoms with Gasteiger partial charge in [0.1, 0.15) is 11.6 Å². The molecule has 1 unspecified atom stereocenters. The predicted octanol–water partition coefficient (Wildman–Crippen LogP) is 0.988. The van der Waals surface area contributed by atoms with Crippen molar-refractivity contribution in [2.45, 2.75) is 39.3 Å². The van der Waals surface area contributed by atoms with Gasteiger partial charge in [0.25, 0.3) is 0 Å². The second-order valence-electron chi connectivity index (χ2n) is 4.04. The van der Waals surface area contributed by atoms with Crippen LogP contribution in [-0.4, -0.2) is 42.5 Å². The first kappa shape index (κ1) is 6.35. The second-order valence-corrected chi connectivity index (χ2v) is 4.04. The van der Waals surface area contributed by atoms with Gasteiger partial charge >= 0.3 is 6.09 Å². The van der Waals surface area contributed by atoms with Gasteiger partial charge in [-0.2, -0.15) is 0 Å². The molecule has 1 atom stereocenters. The number of nitrogens with one attached hydrogen (secondary N) is 1. The van der Waals surface area contributed by atoms with Crippen molar-refractivity contribution in [2.75, 3.05) is 14.0 Å². The predicted molar refractivity (Wildman–Crippen MR) is 57.5 cm³/mol. The molecule has 0 aliphatic heterocycles. The van der Waals surface area contributed by atoms with Gasteiger partial charge in [0.2, 0.25) is 5.91 Å². The van der Waals surface area contributed by atoms with E-state index < -0.39 is 37.6 Å². The SMILES string of the molecule is [2H]C([2H])([2H])N(C(=O)C(C)NC(=O)OC(C)(C)C)C([2H])([2H])[2H]. The Balaban J connectivity index is 5.01. The van der Waals surface area contributed by atoms with Crippen LogP contribution in [0, 0.1) is 0 Å². The van der Waals surface area contributed by atoms with E-state index in [9.17, 15) is 9.59 Å². The van der Waals surface area contributed by atoms with Gasteiger partial charge in [-0.05, 0) is 27.7 Å². The van der Waals surface area contributed by atoms with Crippen molar-refractivity contribution in [1.29, 1.82) is 0 Å². The number of rotatable bonds is 2. The molecule has 0 rings (SSSR count). The Hall–Kier alpha value is -1.26. The Morgan fingerprint density at radius 1 is 1.40 bits per heavy atom. The quantitative estimate of drug-likeness (QED) is 0.758. The Morgan fingerprint density at radius 3 is 2.33 bits per heavy atom. The molecular weight excluding hydrogens is 196 g/mol. The molecule has 0 bridgehead atoms. The summed E-state index contributed by atoms with van der Waals surface area (Å²) in [5.74, 6) is -1.25. The first-order valence-electron chi connectivity index (χ1n) is 7.39. The molecule has 88 valence electrons. The van der Waals surface area contributed by atoms with Gasteiger partial charge in [-0.25, -0.2) is 4.79 Å². The summed E-state index contributed by atoms with van der Waals surface area (Å²) in [7, 11) is 0. The average Bonchev–Trinajstić information content (AvgIpc) is 2.08. The minimum Gasteiger partial charge on any atom is -0.444 e. The van der Waals surface area contributed by atoms with Crippen LogP contribution in [0.4, 0.5) is 4.79 Å². The number of amides is 2. The lowest BCUT2D eigenvalue weighted by molar-refractivity contribution is -0.130. The second kappa shape index (κ2) is 5.00. The number of hydrogen-bond acceptors (Lipinski definition) is 3. The Kier molecular flexibility index (Phi) is 2.12. The van der Waals surface area contributed by atoms with Gasteiger partial charge in [0, 0.05) is 22.2 Å². The monoisotopic (exact) mass is 222 g/mol. The molecule has 0 heterocycles. The van der Waals surface area contributed by atoms with Crippen LogP contribution in [0.5, 0.6) is 0 Å². The van der Waals surface area contributed by atoms with E-state index >= 15 is 0 Å². The fraction of sp³-hybridized carbons (Fsp3) is 0.800. The highest BCUT2D eigenvalue weighted by molar-refractivity contribution is 5.84. The number of carbonyl (C=O) groups excluding carboxylic acids is 2. The lowest BCUT2D eigenvalue weighted by Gasteiger charge is -2.22. The number of carbonyl (C=O) groups is 2. The highest BCUT2D eigenvalue weighted by Gasteiger charge is 2.21. The van der Waals surface area contributed by atoms with Gasteiger partial charge in [-0.15, -0.1) is 0 Å². The van der Waals surface area contributed by atoms with E-state index in [0.29, 0.717) is 0 Å². The lowest BCUT2D eigenvalue weighted by Crippen LogP contribution is -2.45. The molecule has 15 heavy (non-hydrogen) atoms. The molecule has 0 spiro atoms. The Morgan fingerprint density at radius 2 is 1.93 bits per heavy atom. The maximum absolute atomic E-state index is 12.0. The summed E-state index contributed by atoms with van der Waals surface area (Å²) in [6.45, 7) is -0.294. The van der Waals surface area contributed by atoms with Crippen molar-refractivity contribution in [2.24, 2.45) is 0 Å². The van der Waals surface area contributed by atoms with E-state index in [2.05, 4.69) is 5.32 Å². The third kappa shape index (κ3) is 5.93. The number of likely N-dealkylation sites (N-methyl/N-ethyl adjacent to an activating group) is 1. The molecule has 5 nitrogen and oxygen atoms in total. The van der Waals surface area contributed by atoms with Crippen molar-refractivity contribution in [3.05, 3.63) is 0 Å². The van der Waals surface area contributed by atoms with Crippen LogP contribution in [0.15, 0.2) is 0 Å². The summed E-state index contributed by atoms with van der Waals surface area (Å²) in [6, 6.07) is -1.36. The number of nitrogens with zero attached hydrogens (tertiary/aromatic N) is 1. The minimum absolute atomic E-state index is 0.206. The minimum atomic E-state index is -3.15. The van der Waals surface area contributed by atoms with E-state index in [-0.39, 0.29) is 4.90 Å². The zero-order chi connectivity index (χ0) is 17.2. The van der Waals surface area contributed by atoms with Gasteiger partial charge in [0.05, 0.1) is 0 Å². The van der Waals surface area contributed by atoms with Crippen molar-refractivity contribution < 1.29 is 22.6 Å². The molecule has 5 heteroatoms. The molecule has 0 saturated heterocycles. The first-order valence-corrected chi connectivity index (χ1v) is 4.39. The molecule has 0 aromatic heterocycles. The van der Waals surface area contributed by atoms with Crippen molar-refractivity contribution >= 4 is 12.0 Å². The molecule has 2 amide bonds. The van der Waals surface area contributed by atoms with Gasteiger partial charge in [-0.1, -0.05) is 0 Å². The highest BCUT2D eigenvalue weighted by atomic mass is 16.6. The van der Waals surface area contributed by atoms with E-state index in [4.69, 9.17) is 13.0 Å². The molecule has 1 N–H and O–H groups in total. The third-order valence-corrected chi connectivity index (χ3v) is 1.32. The highest BCUT2D eigenvalue weighted by Crippen LogP contribution is 2.06. The van der Waals surface area contributed by atoms with Crippen LogP contribution in [0.1, 0.15) is 35.9 Å². The fourth-order valence-electron chi connectivity index (χ4n) is 0.740. The summed E-state index contributed by atoms with van der Waals surface area (Å²) < 4.78 is 47.7. The van der Waals surface area contributed by atoms with Crippen LogP contribution >= 0.6 is 0 Å². The molecule has 0 aromatic rings. The molecule has 0 fully saturated rings. The third-order valence-electron chi connectivity index (χ3n) is 1.32. The summed E-state index contributed by atoms with van der Waals surface area (Å²) in [6.07, 6.45) is -0.945. The molecule has 0 aromatic carbocycles. The van der Waals surface area contributed by atoms with Crippen molar-refractivity contribution in [3.63, 3.8) is 0 Å². The van der Waals surface area contributed by atoms with Gasteiger partial charge in [0.15, 0.2) is 0 Å². The van der Waals surface area contributed by atoms with Crippen LogP contribution in [-0.2, 0) is 9.53 Å². The van der Waals surface area contributed by atoms with Crippen LogP contribution < -0.4 is 5.32 Å². The lowest BCUT2D eigenvalue weighted by atomic mass is 10.2. The number of ether oxygens (including phenoxy) is 1. The maximum atomic E-state index is 12.0. The smallest absolute Gasteiger partial charge is 0.408 e. The largest absolute Gasteiger partial charge is 0.444 e. The van der Waals surface area contributed by atoms with Gasteiger partial charge < -0.3 is 15.0 Å². The Labute approximate surface area is 99.2 Å². The zero-order valence-corrected chi connectivity index (χ0v) is 9.25. The molecule has 0 radical (unpaired) electrons. The van der Waals surface area contributed by atoms with Crippen LogP contribution in [0.2, 0.25) is 0 Å². The van der Waals surface area contributed by atoms with Gasteiger partial charge in [-0.3, -0.25) is 4.79 Å². The van der Waals surface area contributed by atoms with E-state index in [1.165, 1.54) is 6.92 Å². The standard InChI is InChI=1S/C10H20N2O3/c1-7(8(13)12(5)6)11-9(14)15-10(2,3)4/h7H,1-6H3,(H,11,14)/i5D3,6D3.